The number of nitrogens with one attached hydrogen (secondary N) is 1. The maximum Gasteiger partial charge on any atom is 0.238 e. The van der Waals surface area contributed by atoms with E-state index in [0.717, 1.165) is 11.1 Å². The second-order valence-corrected chi connectivity index (χ2v) is 11.1. The molecule has 44 heavy (non-hydrogen) atoms. The van der Waals surface area contributed by atoms with E-state index in [1.165, 1.54) is 21.3 Å². The highest BCUT2D eigenvalue weighted by molar-refractivity contribution is 6.17. The average Bonchev–Trinajstić information content (AvgIpc) is 3.55. The van der Waals surface area contributed by atoms with E-state index in [9.17, 15) is 9.59 Å². The molecule has 0 unspecified atom stereocenters. The number of ether oxygens (including phenoxy) is 3. The number of methoxy groups -OCH3 is 3. The Balaban J connectivity index is 1.54. The summed E-state index contributed by atoms with van der Waals surface area (Å²) in [7, 11) is 4.45. The van der Waals surface area contributed by atoms with Crippen LogP contribution in [0.5, 0.6) is 17.2 Å². The Hall–Kier alpha value is -5.37. The maximum atomic E-state index is 15.2. The number of Topliss-reactive ketones (excluding diaryl/α,β-unsaturated/α-hetero) is 2. The predicted molar refractivity (Wildman–Crippen MR) is 165 cm³/mol. The number of benzene rings is 4. The number of hydrogen-bond donors (Lipinski definition) is 1. The van der Waals surface area contributed by atoms with Crippen molar-refractivity contribution in [3.63, 3.8) is 0 Å². The number of anilines is 1. The molecule has 4 aromatic rings. The number of amides is 1. The number of fused-ring (bicyclic) bond motifs is 6. The molecule has 1 spiro atoms. The Morgan fingerprint density at radius 1 is 0.773 bits per heavy atom. The fraction of sp³-hybridized carbons (Fsp3) is 0.194. The van der Waals surface area contributed by atoms with Gasteiger partial charge >= 0.3 is 0 Å². The van der Waals surface area contributed by atoms with E-state index in [2.05, 4.69) is 5.32 Å². The van der Waals surface area contributed by atoms with E-state index in [1.54, 1.807) is 36.4 Å². The minimum Gasteiger partial charge on any atom is -0.493 e. The van der Waals surface area contributed by atoms with Crippen molar-refractivity contribution in [2.45, 2.75) is 17.5 Å². The van der Waals surface area contributed by atoms with Gasteiger partial charge in [0.25, 0.3) is 0 Å². The molecular formula is C36H30N2O6. The van der Waals surface area contributed by atoms with Crippen LogP contribution in [0, 0.1) is 5.92 Å². The zero-order valence-electron chi connectivity index (χ0n) is 24.4. The molecule has 0 radical (unpaired) electrons. The average molecular weight is 587 g/mol. The van der Waals surface area contributed by atoms with E-state index < -0.39 is 23.4 Å². The number of rotatable bonds is 7. The lowest BCUT2D eigenvalue weighted by molar-refractivity contribution is -0.122. The van der Waals surface area contributed by atoms with Gasteiger partial charge in [-0.25, -0.2) is 0 Å². The number of para-hydroxylation sites is 1. The first-order valence-electron chi connectivity index (χ1n) is 14.3. The van der Waals surface area contributed by atoms with Crippen molar-refractivity contribution in [3.8, 4) is 17.2 Å². The largest absolute Gasteiger partial charge is 0.493 e. The van der Waals surface area contributed by atoms with Crippen LogP contribution in [0.3, 0.4) is 0 Å². The topological polar surface area (TPSA) is 94.2 Å². The molecule has 0 aliphatic carbocycles. The zero-order chi connectivity index (χ0) is 30.6. The van der Waals surface area contributed by atoms with Gasteiger partial charge in [-0.05, 0) is 41.0 Å². The van der Waals surface area contributed by atoms with Gasteiger partial charge in [0.2, 0.25) is 11.7 Å². The van der Waals surface area contributed by atoms with Gasteiger partial charge < -0.3 is 24.4 Å². The lowest BCUT2D eigenvalue weighted by atomic mass is 9.62. The van der Waals surface area contributed by atoms with Crippen LogP contribution in [-0.2, 0) is 10.2 Å². The summed E-state index contributed by atoms with van der Waals surface area (Å²) >= 11 is 0. The summed E-state index contributed by atoms with van der Waals surface area (Å²) in [6.07, 6.45) is 3.80. The lowest BCUT2D eigenvalue weighted by Crippen LogP contribution is -2.49. The summed E-state index contributed by atoms with van der Waals surface area (Å²) in [5.74, 6) is -1.15. The molecule has 4 atom stereocenters. The van der Waals surface area contributed by atoms with Gasteiger partial charge in [0.05, 0.1) is 33.3 Å². The molecule has 3 aliphatic rings. The summed E-state index contributed by atoms with van der Waals surface area (Å²) in [6.45, 7) is 0. The van der Waals surface area contributed by atoms with Gasteiger partial charge in [-0.1, -0.05) is 72.8 Å². The molecule has 0 aromatic heterocycles. The van der Waals surface area contributed by atoms with Gasteiger partial charge in [-0.15, -0.1) is 0 Å². The second kappa shape index (κ2) is 10.4. The molecule has 220 valence electrons. The Morgan fingerprint density at radius 2 is 1.43 bits per heavy atom. The molecule has 3 aliphatic heterocycles. The first-order chi connectivity index (χ1) is 21.4. The Kier molecular flexibility index (Phi) is 6.50. The monoisotopic (exact) mass is 586 g/mol. The molecule has 8 nitrogen and oxygen atoms in total. The molecular weight excluding hydrogens is 556 g/mol. The molecule has 8 heteroatoms. The maximum absolute atomic E-state index is 15.2. The number of ketones is 2. The second-order valence-electron chi connectivity index (χ2n) is 11.1. The van der Waals surface area contributed by atoms with Gasteiger partial charge in [0.15, 0.2) is 23.1 Å². The zero-order valence-corrected chi connectivity index (χ0v) is 24.4. The van der Waals surface area contributed by atoms with Crippen molar-refractivity contribution in [1.29, 1.82) is 0 Å². The lowest BCUT2D eigenvalue weighted by Gasteiger charge is -2.38. The van der Waals surface area contributed by atoms with Crippen LogP contribution in [0.25, 0.3) is 6.08 Å². The van der Waals surface area contributed by atoms with Gasteiger partial charge in [-0.3, -0.25) is 14.4 Å². The first kappa shape index (κ1) is 27.5. The van der Waals surface area contributed by atoms with Crippen molar-refractivity contribution < 1.29 is 28.6 Å². The van der Waals surface area contributed by atoms with Crippen LogP contribution in [0.2, 0.25) is 0 Å². The van der Waals surface area contributed by atoms with Crippen LogP contribution >= 0.6 is 0 Å². The summed E-state index contributed by atoms with van der Waals surface area (Å²) in [6, 6.07) is 25.7. The summed E-state index contributed by atoms with van der Waals surface area (Å²) in [5, 5.41) is 3.07. The van der Waals surface area contributed by atoms with Crippen molar-refractivity contribution in [2.24, 2.45) is 5.92 Å². The number of carbonyl (C=O) groups excluding carboxylic acids is 3. The van der Waals surface area contributed by atoms with Crippen molar-refractivity contribution in [3.05, 3.63) is 125 Å². The normalized spacial score (nSPS) is 22.6. The fourth-order valence-corrected chi connectivity index (χ4v) is 7.34. The third-order valence-corrected chi connectivity index (χ3v) is 9.13. The number of hydrogen-bond acceptors (Lipinski definition) is 7. The van der Waals surface area contributed by atoms with Crippen molar-refractivity contribution in [2.75, 3.05) is 26.6 Å². The van der Waals surface area contributed by atoms with Gasteiger partial charge in [0, 0.05) is 23.0 Å². The molecule has 1 N–H and O–H groups in total. The smallest absolute Gasteiger partial charge is 0.238 e. The molecule has 3 heterocycles. The Bertz CT molecular complexity index is 1830. The van der Waals surface area contributed by atoms with Crippen LogP contribution in [0.15, 0.2) is 97.2 Å². The highest BCUT2D eigenvalue weighted by Gasteiger charge is 2.70. The van der Waals surface area contributed by atoms with E-state index >= 15 is 4.79 Å². The Morgan fingerprint density at radius 3 is 2.14 bits per heavy atom. The van der Waals surface area contributed by atoms with Crippen LogP contribution in [-0.4, -0.2) is 49.7 Å². The van der Waals surface area contributed by atoms with E-state index in [0.29, 0.717) is 34.1 Å². The van der Waals surface area contributed by atoms with E-state index in [1.807, 2.05) is 71.8 Å². The van der Waals surface area contributed by atoms with Crippen molar-refractivity contribution >= 4 is 29.2 Å². The van der Waals surface area contributed by atoms with Gasteiger partial charge in [0.1, 0.15) is 11.5 Å². The molecule has 1 saturated heterocycles. The van der Waals surface area contributed by atoms with Crippen molar-refractivity contribution in [1.82, 2.24) is 4.90 Å². The van der Waals surface area contributed by atoms with Crippen LogP contribution < -0.4 is 19.5 Å². The molecule has 1 fully saturated rings. The highest BCUT2D eigenvalue weighted by atomic mass is 16.5. The molecule has 7 rings (SSSR count). The summed E-state index contributed by atoms with van der Waals surface area (Å²) in [5.41, 5.74) is 2.35. The molecule has 4 aromatic carbocycles. The van der Waals surface area contributed by atoms with E-state index in [4.69, 9.17) is 14.2 Å². The third kappa shape index (κ3) is 3.73. The SMILES string of the molecule is COc1cc(C(=O)[C@H]2[C@H](C(=O)c3ccccc3)N3C=Cc4ccccc4[C@@H]3[C@]23C(=O)Nc2ccccc23)cc(OC)c1OC. The predicted octanol–water partition coefficient (Wildman–Crippen LogP) is 5.69. The first-order valence-corrected chi connectivity index (χ1v) is 14.3. The minimum atomic E-state index is -1.44. The third-order valence-electron chi connectivity index (χ3n) is 9.13. The highest BCUT2D eigenvalue weighted by Crippen LogP contribution is 2.62. The molecule has 0 saturated carbocycles. The summed E-state index contributed by atoms with van der Waals surface area (Å²) < 4.78 is 16.7. The van der Waals surface area contributed by atoms with Gasteiger partial charge in [-0.2, -0.15) is 0 Å². The molecule has 1 amide bonds. The van der Waals surface area contributed by atoms with Crippen LogP contribution in [0.1, 0.15) is 43.4 Å². The standard InChI is InChI=1S/C36H30N2O6/c1-42-27-19-23(20-28(43-2)33(27)44-3)31(39)29-30(32(40)22-12-5-4-6-13-22)38-18-17-21-11-7-8-14-24(21)34(38)36(29)25-15-9-10-16-26(25)37-35(36)41/h4-20,29-30,34H,1-3H3,(H,37,41)/t29-,30-,34-,36-/m1/s1. The Labute approximate surface area is 254 Å². The van der Waals surface area contributed by atoms with Crippen LogP contribution in [0.4, 0.5) is 5.69 Å². The fourth-order valence-electron chi connectivity index (χ4n) is 7.34. The number of nitrogens with zero attached hydrogens (tertiary/aromatic N) is 1. The number of carbonyl (C=O) groups is 3. The molecule has 0 bridgehead atoms. The quantitative estimate of drug-likeness (QED) is 0.278. The summed E-state index contributed by atoms with van der Waals surface area (Å²) in [4.78, 5) is 46.3. The van der Waals surface area contributed by atoms with E-state index in [-0.39, 0.29) is 23.0 Å². The minimum absolute atomic E-state index is 0.240.